The van der Waals surface area contributed by atoms with Crippen LogP contribution in [0.5, 0.6) is 0 Å². The summed E-state index contributed by atoms with van der Waals surface area (Å²) < 4.78 is 38.0. The van der Waals surface area contributed by atoms with Gasteiger partial charge in [-0.1, -0.05) is 25.0 Å². The number of halogens is 4. The molecule has 0 atom stereocenters. The normalized spacial score (nSPS) is 16.1. The van der Waals surface area contributed by atoms with E-state index in [0.717, 1.165) is 37.8 Å². The van der Waals surface area contributed by atoms with Crippen LogP contribution in [-0.4, -0.2) is 44.0 Å². The minimum absolute atomic E-state index is 0. The zero-order chi connectivity index (χ0) is 20.8. The van der Waals surface area contributed by atoms with Crippen LogP contribution in [-0.2, 0) is 17.5 Å². The highest BCUT2D eigenvalue weighted by Gasteiger charge is 2.42. The van der Waals surface area contributed by atoms with E-state index in [1.165, 1.54) is 12.1 Å². The summed E-state index contributed by atoms with van der Waals surface area (Å²) in [6.07, 6.45) is -0.599. The number of nitrogens with one attached hydrogen (secondary N) is 2. The standard InChI is InChI=1S/C20H29F3N4O.HI/c1-4-24-18(25-13-15-7-9-16(10-8-15)20(21,22)23)26-14-19(11-5-6-12-19)17(28)27(2)3;/h7-10H,4-6,11-14H2,1-3H3,(H2,24,25,26);1H. The van der Waals surface area contributed by atoms with Gasteiger partial charge in [-0.2, -0.15) is 13.2 Å². The Labute approximate surface area is 187 Å². The average Bonchev–Trinajstić information content (AvgIpc) is 3.13. The molecular weight excluding hydrogens is 496 g/mol. The van der Waals surface area contributed by atoms with Gasteiger partial charge in [0.15, 0.2) is 5.96 Å². The second-order valence-electron chi connectivity index (χ2n) is 7.43. The summed E-state index contributed by atoms with van der Waals surface area (Å²) in [5.74, 6) is 0.677. The fraction of sp³-hybridized carbons (Fsp3) is 0.600. The molecule has 1 aromatic rings. The smallest absolute Gasteiger partial charge is 0.357 e. The highest BCUT2D eigenvalue weighted by atomic mass is 127. The van der Waals surface area contributed by atoms with Gasteiger partial charge in [-0.25, -0.2) is 4.99 Å². The van der Waals surface area contributed by atoms with E-state index in [1.807, 2.05) is 6.92 Å². The first-order valence-corrected chi connectivity index (χ1v) is 9.58. The van der Waals surface area contributed by atoms with Crippen LogP contribution in [0.3, 0.4) is 0 Å². The molecule has 2 rings (SSSR count). The summed E-state index contributed by atoms with van der Waals surface area (Å²) in [5, 5.41) is 6.39. The number of nitrogens with zero attached hydrogens (tertiary/aromatic N) is 2. The number of aliphatic imine (C=N–C) groups is 1. The number of benzene rings is 1. The molecule has 5 nitrogen and oxygen atoms in total. The minimum atomic E-state index is -4.34. The predicted molar refractivity (Wildman–Crippen MR) is 119 cm³/mol. The van der Waals surface area contributed by atoms with Gasteiger partial charge in [0.05, 0.1) is 17.5 Å². The molecule has 164 valence electrons. The number of alkyl halides is 3. The van der Waals surface area contributed by atoms with Gasteiger partial charge in [0, 0.05) is 27.2 Å². The molecule has 0 radical (unpaired) electrons. The molecule has 1 aliphatic carbocycles. The monoisotopic (exact) mass is 526 g/mol. The van der Waals surface area contributed by atoms with Crippen molar-refractivity contribution in [1.82, 2.24) is 15.5 Å². The predicted octanol–water partition coefficient (Wildman–Crippen LogP) is 4.03. The zero-order valence-corrected chi connectivity index (χ0v) is 19.4. The summed E-state index contributed by atoms with van der Waals surface area (Å²) in [4.78, 5) is 18.8. The van der Waals surface area contributed by atoms with E-state index >= 15 is 0 Å². The van der Waals surface area contributed by atoms with Crippen LogP contribution in [0.4, 0.5) is 13.2 Å². The van der Waals surface area contributed by atoms with Gasteiger partial charge in [-0.05, 0) is 37.5 Å². The Bertz CT molecular complexity index is 684. The Balaban J connectivity index is 0.00000420. The van der Waals surface area contributed by atoms with Crippen molar-refractivity contribution in [3.8, 4) is 0 Å². The second-order valence-corrected chi connectivity index (χ2v) is 7.43. The average molecular weight is 526 g/mol. The van der Waals surface area contributed by atoms with Crippen molar-refractivity contribution in [3.05, 3.63) is 35.4 Å². The highest BCUT2D eigenvalue weighted by molar-refractivity contribution is 14.0. The van der Waals surface area contributed by atoms with Crippen molar-refractivity contribution in [2.75, 3.05) is 27.2 Å². The van der Waals surface area contributed by atoms with E-state index in [0.29, 0.717) is 24.6 Å². The van der Waals surface area contributed by atoms with Crippen molar-refractivity contribution in [3.63, 3.8) is 0 Å². The third-order valence-electron chi connectivity index (χ3n) is 5.06. The maximum absolute atomic E-state index is 12.7. The molecule has 1 amide bonds. The van der Waals surface area contributed by atoms with Crippen molar-refractivity contribution in [1.29, 1.82) is 0 Å². The summed E-state index contributed by atoms with van der Waals surface area (Å²) in [6, 6.07) is 5.00. The summed E-state index contributed by atoms with van der Waals surface area (Å²) in [6.45, 7) is 3.32. The number of hydrogen-bond acceptors (Lipinski definition) is 2. The lowest BCUT2D eigenvalue weighted by molar-refractivity contribution is -0.139. The van der Waals surface area contributed by atoms with E-state index in [4.69, 9.17) is 0 Å². The van der Waals surface area contributed by atoms with Gasteiger partial charge >= 0.3 is 6.18 Å². The van der Waals surface area contributed by atoms with Crippen molar-refractivity contribution in [2.24, 2.45) is 10.4 Å². The Morgan fingerprint density at radius 1 is 1.14 bits per heavy atom. The SMILES string of the molecule is CCNC(=NCc1ccc(C(F)(F)F)cc1)NCC1(C(=O)N(C)C)CCCC1.I. The molecule has 2 N–H and O–H groups in total. The number of amides is 1. The van der Waals surface area contributed by atoms with Crippen molar-refractivity contribution in [2.45, 2.75) is 45.3 Å². The Kier molecular flexibility index (Phi) is 9.70. The molecule has 1 aliphatic rings. The lowest BCUT2D eigenvalue weighted by Crippen LogP contribution is -2.49. The van der Waals surface area contributed by atoms with Gasteiger partial charge < -0.3 is 15.5 Å². The number of hydrogen-bond donors (Lipinski definition) is 2. The highest BCUT2D eigenvalue weighted by Crippen LogP contribution is 2.38. The molecule has 0 aromatic heterocycles. The van der Waals surface area contributed by atoms with Crippen molar-refractivity contribution >= 4 is 35.8 Å². The van der Waals surface area contributed by atoms with Gasteiger partial charge in [0.25, 0.3) is 0 Å². The van der Waals surface area contributed by atoms with Gasteiger partial charge in [-0.3, -0.25) is 4.79 Å². The first-order chi connectivity index (χ1) is 13.2. The molecule has 0 bridgehead atoms. The summed E-state index contributed by atoms with van der Waals surface area (Å²) in [5.41, 5.74) is -0.408. The molecule has 1 aromatic carbocycles. The summed E-state index contributed by atoms with van der Waals surface area (Å²) >= 11 is 0. The molecule has 1 fully saturated rings. The molecule has 0 heterocycles. The Morgan fingerprint density at radius 3 is 2.21 bits per heavy atom. The molecule has 0 spiro atoms. The molecule has 1 saturated carbocycles. The number of carbonyl (C=O) groups is 1. The van der Waals surface area contributed by atoms with Crippen LogP contribution in [0, 0.1) is 5.41 Å². The summed E-state index contributed by atoms with van der Waals surface area (Å²) in [7, 11) is 3.54. The first-order valence-electron chi connectivity index (χ1n) is 9.58. The fourth-order valence-electron chi connectivity index (χ4n) is 3.56. The third kappa shape index (κ3) is 7.04. The maximum atomic E-state index is 12.7. The largest absolute Gasteiger partial charge is 0.416 e. The zero-order valence-electron chi connectivity index (χ0n) is 17.1. The van der Waals surface area contributed by atoms with E-state index in [9.17, 15) is 18.0 Å². The number of rotatable bonds is 6. The molecule has 0 unspecified atom stereocenters. The van der Waals surface area contributed by atoms with Gasteiger partial charge in [0.1, 0.15) is 0 Å². The third-order valence-corrected chi connectivity index (χ3v) is 5.06. The molecule has 29 heavy (non-hydrogen) atoms. The fourth-order valence-corrected chi connectivity index (χ4v) is 3.56. The quantitative estimate of drug-likeness (QED) is 0.335. The topological polar surface area (TPSA) is 56.7 Å². The van der Waals surface area contributed by atoms with Crippen LogP contribution < -0.4 is 10.6 Å². The number of carbonyl (C=O) groups excluding carboxylic acids is 1. The van der Waals surface area contributed by atoms with E-state index in [2.05, 4.69) is 15.6 Å². The lowest BCUT2D eigenvalue weighted by atomic mass is 9.84. The van der Waals surface area contributed by atoms with Gasteiger partial charge in [-0.15, -0.1) is 24.0 Å². The lowest BCUT2D eigenvalue weighted by Gasteiger charge is -2.31. The maximum Gasteiger partial charge on any atom is 0.416 e. The van der Waals surface area contributed by atoms with Crippen LogP contribution in [0.15, 0.2) is 29.3 Å². The van der Waals surface area contributed by atoms with Crippen LogP contribution in [0.2, 0.25) is 0 Å². The molecular formula is C20H30F3IN4O. The first kappa shape index (κ1) is 25.5. The van der Waals surface area contributed by atoms with Gasteiger partial charge in [0.2, 0.25) is 5.91 Å². The Hall–Kier alpha value is -1.52. The second kappa shape index (κ2) is 11.0. The van der Waals surface area contributed by atoms with Crippen LogP contribution >= 0.6 is 24.0 Å². The van der Waals surface area contributed by atoms with Crippen molar-refractivity contribution < 1.29 is 18.0 Å². The van der Waals surface area contributed by atoms with Crippen LogP contribution in [0.25, 0.3) is 0 Å². The molecule has 9 heteroatoms. The minimum Gasteiger partial charge on any atom is -0.357 e. The van der Waals surface area contributed by atoms with E-state index in [-0.39, 0.29) is 36.4 Å². The molecule has 0 saturated heterocycles. The van der Waals surface area contributed by atoms with Crippen LogP contribution in [0.1, 0.15) is 43.7 Å². The number of guanidine groups is 1. The van der Waals surface area contributed by atoms with E-state index < -0.39 is 17.2 Å². The molecule has 0 aliphatic heterocycles. The van der Waals surface area contributed by atoms with E-state index in [1.54, 1.807) is 19.0 Å². The Morgan fingerprint density at radius 2 is 1.72 bits per heavy atom.